The Kier molecular flexibility index (Phi) is 2.63. The van der Waals surface area contributed by atoms with Crippen LogP contribution in [-0.4, -0.2) is 9.97 Å². The summed E-state index contributed by atoms with van der Waals surface area (Å²) in [6, 6.07) is 0. The van der Waals surface area contributed by atoms with Gasteiger partial charge in [-0.1, -0.05) is 27.5 Å². The highest BCUT2D eigenvalue weighted by Gasteiger charge is 1.97. The van der Waals surface area contributed by atoms with Gasteiger partial charge in [0.15, 0.2) is 0 Å². The van der Waals surface area contributed by atoms with Gasteiger partial charge in [-0.15, -0.1) is 0 Å². The zero-order chi connectivity index (χ0) is 7.56. The van der Waals surface area contributed by atoms with Gasteiger partial charge in [0.25, 0.3) is 0 Å². The molecule has 10 heavy (non-hydrogen) atoms. The molecule has 0 saturated heterocycles. The van der Waals surface area contributed by atoms with E-state index < -0.39 is 0 Å². The number of rotatable bonds is 1. The number of hydrogen-bond acceptors (Lipinski definition) is 2. The summed E-state index contributed by atoms with van der Waals surface area (Å²) in [5.74, 6) is 0. The molecule has 0 bridgehead atoms. The molecule has 1 rings (SSSR count). The molecule has 4 heteroatoms. The molecule has 0 aliphatic carbocycles. The van der Waals surface area contributed by atoms with Gasteiger partial charge in [0.1, 0.15) is 5.15 Å². The zero-order valence-corrected chi connectivity index (χ0v) is 7.78. The highest BCUT2D eigenvalue weighted by molar-refractivity contribution is 9.08. The minimum absolute atomic E-state index is 0.477. The molecule has 0 aromatic carbocycles. The second-order valence-electron chi connectivity index (χ2n) is 1.87. The molecule has 0 atom stereocenters. The monoisotopic (exact) mass is 220 g/mol. The van der Waals surface area contributed by atoms with Crippen LogP contribution in [0, 0.1) is 6.92 Å². The summed E-state index contributed by atoms with van der Waals surface area (Å²) in [4.78, 5) is 8.07. The van der Waals surface area contributed by atoms with Crippen molar-refractivity contribution in [2.24, 2.45) is 0 Å². The third kappa shape index (κ3) is 1.67. The average Bonchev–Trinajstić information content (AvgIpc) is 1.95. The highest BCUT2D eigenvalue weighted by Crippen LogP contribution is 2.09. The molecule has 1 aromatic heterocycles. The van der Waals surface area contributed by atoms with Crippen LogP contribution in [0.2, 0.25) is 5.15 Å². The van der Waals surface area contributed by atoms with Gasteiger partial charge in [-0.3, -0.25) is 4.98 Å². The Balaban J connectivity index is 3.04. The molecule has 0 fully saturated rings. The smallest absolute Gasteiger partial charge is 0.150 e. The highest BCUT2D eigenvalue weighted by atomic mass is 79.9. The molecule has 0 radical (unpaired) electrons. The molecular formula is C6H6BrClN2. The number of hydrogen-bond donors (Lipinski definition) is 0. The Bertz CT molecular complexity index is 239. The van der Waals surface area contributed by atoms with Crippen LogP contribution in [0.4, 0.5) is 0 Å². The number of halogens is 2. The minimum Gasteiger partial charge on any atom is -0.252 e. The van der Waals surface area contributed by atoms with Crippen LogP contribution in [-0.2, 0) is 5.33 Å². The van der Waals surface area contributed by atoms with Gasteiger partial charge >= 0.3 is 0 Å². The topological polar surface area (TPSA) is 25.8 Å². The van der Waals surface area contributed by atoms with Crippen LogP contribution >= 0.6 is 27.5 Å². The molecule has 0 saturated carbocycles. The largest absolute Gasteiger partial charge is 0.252 e. The van der Waals surface area contributed by atoms with Crippen LogP contribution in [0.25, 0.3) is 0 Å². The van der Waals surface area contributed by atoms with Crippen LogP contribution in [0.15, 0.2) is 6.20 Å². The molecule has 1 aromatic rings. The van der Waals surface area contributed by atoms with Gasteiger partial charge in [-0.05, 0) is 6.92 Å². The normalized spacial score (nSPS) is 9.90. The first-order chi connectivity index (χ1) is 4.74. The Morgan fingerprint density at radius 3 is 2.90 bits per heavy atom. The summed E-state index contributed by atoms with van der Waals surface area (Å²) in [7, 11) is 0. The first-order valence-corrected chi connectivity index (χ1v) is 4.28. The molecular weight excluding hydrogens is 215 g/mol. The van der Waals surface area contributed by atoms with E-state index >= 15 is 0 Å². The van der Waals surface area contributed by atoms with E-state index in [1.165, 1.54) is 0 Å². The third-order valence-electron chi connectivity index (χ3n) is 1.07. The van der Waals surface area contributed by atoms with Crippen molar-refractivity contribution in [2.45, 2.75) is 12.3 Å². The lowest BCUT2D eigenvalue weighted by Gasteiger charge is -1.96. The second kappa shape index (κ2) is 3.30. The predicted octanol–water partition coefficient (Wildman–Crippen LogP) is 2.33. The number of nitrogens with zero attached hydrogens (tertiary/aromatic N) is 2. The molecule has 2 nitrogen and oxygen atoms in total. The molecule has 0 unspecified atom stereocenters. The Labute approximate surface area is 72.8 Å². The molecule has 0 aliphatic rings. The van der Waals surface area contributed by atoms with Crippen LogP contribution in [0.1, 0.15) is 11.4 Å². The van der Waals surface area contributed by atoms with Gasteiger partial charge in [-0.2, -0.15) is 0 Å². The number of alkyl halides is 1. The lowest BCUT2D eigenvalue weighted by molar-refractivity contribution is 1.05. The van der Waals surface area contributed by atoms with Crippen molar-refractivity contribution in [1.82, 2.24) is 9.97 Å². The van der Waals surface area contributed by atoms with E-state index in [0.717, 1.165) is 16.7 Å². The van der Waals surface area contributed by atoms with Crippen molar-refractivity contribution in [2.75, 3.05) is 0 Å². The molecule has 54 valence electrons. The third-order valence-corrected chi connectivity index (χ3v) is 2.02. The summed E-state index contributed by atoms with van der Waals surface area (Å²) >= 11 is 8.92. The predicted molar refractivity (Wildman–Crippen MR) is 44.4 cm³/mol. The van der Waals surface area contributed by atoms with E-state index in [-0.39, 0.29) is 0 Å². The van der Waals surface area contributed by atoms with E-state index in [1.807, 2.05) is 6.92 Å². The van der Waals surface area contributed by atoms with Crippen LogP contribution in [0.5, 0.6) is 0 Å². The van der Waals surface area contributed by atoms with Crippen molar-refractivity contribution >= 4 is 27.5 Å². The van der Waals surface area contributed by atoms with Gasteiger partial charge in [0.05, 0.1) is 17.6 Å². The zero-order valence-electron chi connectivity index (χ0n) is 5.43. The lowest BCUT2D eigenvalue weighted by atomic mass is 10.4. The molecule has 0 aliphatic heterocycles. The summed E-state index contributed by atoms with van der Waals surface area (Å²) in [6.45, 7) is 1.83. The van der Waals surface area contributed by atoms with E-state index in [0.29, 0.717) is 5.15 Å². The van der Waals surface area contributed by atoms with Crippen molar-refractivity contribution < 1.29 is 0 Å². The van der Waals surface area contributed by atoms with Gasteiger partial charge in [-0.25, -0.2) is 4.98 Å². The quantitative estimate of drug-likeness (QED) is 0.680. The average molecular weight is 221 g/mol. The van der Waals surface area contributed by atoms with Crippen molar-refractivity contribution in [3.05, 3.63) is 22.7 Å². The standard InChI is InChI=1S/C6H6BrClN2/c1-4-6(8)9-3-5(2-7)10-4/h3H,2H2,1H3. The molecule has 1 heterocycles. The first-order valence-electron chi connectivity index (χ1n) is 2.78. The number of aryl methyl sites for hydroxylation is 1. The van der Waals surface area contributed by atoms with Crippen molar-refractivity contribution in [1.29, 1.82) is 0 Å². The first kappa shape index (κ1) is 7.95. The van der Waals surface area contributed by atoms with E-state index in [4.69, 9.17) is 11.6 Å². The second-order valence-corrected chi connectivity index (χ2v) is 2.79. The SMILES string of the molecule is Cc1nc(CBr)cnc1Cl. The molecule has 0 amide bonds. The fourth-order valence-electron chi connectivity index (χ4n) is 0.579. The lowest BCUT2D eigenvalue weighted by Crippen LogP contribution is -1.91. The van der Waals surface area contributed by atoms with E-state index in [2.05, 4.69) is 25.9 Å². The maximum Gasteiger partial charge on any atom is 0.150 e. The fraction of sp³-hybridized carbons (Fsp3) is 0.333. The van der Waals surface area contributed by atoms with Crippen LogP contribution in [0.3, 0.4) is 0 Å². The van der Waals surface area contributed by atoms with E-state index in [1.54, 1.807) is 6.20 Å². The molecule has 0 N–H and O–H groups in total. The van der Waals surface area contributed by atoms with Crippen molar-refractivity contribution in [3.63, 3.8) is 0 Å². The maximum atomic E-state index is 5.65. The van der Waals surface area contributed by atoms with Crippen molar-refractivity contribution in [3.8, 4) is 0 Å². The van der Waals surface area contributed by atoms with Gasteiger partial charge in [0.2, 0.25) is 0 Å². The van der Waals surface area contributed by atoms with E-state index in [9.17, 15) is 0 Å². The summed E-state index contributed by atoms with van der Waals surface area (Å²) in [5.41, 5.74) is 1.68. The van der Waals surface area contributed by atoms with Gasteiger partial charge in [0, 0.05) is 5.33 Å². The Morgan fingerprint density at radius 2 is 2.40 bits per heavy atom. The molecule has 0 spiro atoms. The summed E-state index contributed by atoms with van der Waals surface area (Å²) < 4.78 is 0. The maximum absolute atomic E-state index is 5.65. The Hall–Kier alpha value is -0.150. The Morgan fingerprint density at radius 1 is 1.70 bits per heavy atom. The summed E-state index contributed by atoms with van der Waals surface area (Å²) in [5, 5.41) is 1.20. The van der Waals surface area contributed by atoms with Crippen LogP contribution < -0.4 is 0 Å². The van der Waals surface area contributed by atoms with Gasteiger partial charge < -0.3 is 0 Å². The fourth-order valence-corrected chi connectivity index (χ4v) is 0.941. The number of aromatic nitrogens is 2. The summed E-state index contributed by atoms with van der Waals surface area (Å²) in [6.07, 6.45) is 1.66. The minimum atomic E-state index is 0.477.